The molecule has 2 heterocycles. The molecule has 1 aliphatic heterocycles. The van der Waals surface area contributed by atoms with Crippen LogP contribution >= 0.6 is 0 Å². The van der Waals surface area contributed by atoms with E-state index in [1.165, 1.54) is 18.9 Å². The molecule has 0 radical (unpaired) electrons. The molecule has 0 bridgehead atoms. The van der Waals surface area contributed by atoms with Gasteiger partial charge in [0.15, 0.2) is 5.69 Å². The molecule has 1 atom stereocenters. The third kappa shape index (κ3) is 2.91. The standard InChI is InChI=1S/C11H16N4O2/c1-15-6-2-3-8(15)7-12-10-5-4-9(11(16)17)13-14-10/h4-5,8H,2-3,6-7H2,1H3,(H,12,14)(H,16,17). The molecule has 92 valence electrons. The van der Waals surface area contributed by atoms with Crippen LogP contribution in [-0.4, -0.2) is 52.4 Å². The SMILES string of the molecule is CN1CCCC1CNc1ccc(C(=O)O)nn1. The van der Waals surface area contributed by atoms with E-state index in [9.17, 15) is 4.79 Å². The lowest BCUT2D eigenvalue weighted by molar-refractivity contribution is 0.0689. The minimum atomic E-state index is -1.06. The van der Waals surface area contributed by atoms with Crippen LogP contribution in [0, 0.1) is 0 Å². The molecular weight excluding hydrogens is 220 g/mol. The van der Waals surface area contributed by atoms with Gasteiger partial charge in [-0.1, -0.05) is 0 Å². The summed E-state index contributed by atoms with van der Waals surface area (Å²) in [4.78, 5) is 12.9. The lowest BCUT2D eigenvalue weighted by atomic mass is 10.2. The van der Waals surface area contributed by atoms with Crippen molar-refractivity contribution in [2.24, 2.45) is 0 Å². The number of aromatic carboxylic acids is 1. The number of nitrogens with zero attached hydrogens (tertiary/aromatic N) is 3. The second-order valence-electron chi connectivity index (χ2n) is 4.27. The molecule has 6 nitrogen and oxygen atoms in total. The van der Waals surface area contributed by atoms with E-state index >= 15 is 0 Å². The van der Waals surface area contributed by atoms with Gasteiger partial charge in [0.25, 0.3) is 0 Å². The molecule has 0 saturated carbocycles. The van der Waals surface area contributed by atoms with Crippen molar-refractivity contribution in [1.82, 2.24) is 15.1 Å². The summed E-state index contributed by atoms with van der Waals surface area (Å²) in [6.07, 6.45) is 2.41. The van der Waals surface area contributed by atoms with E-state index in [4.69, 9.17) is 5.11 Å². The van der Waals surface area contributed by atoms with E-state index in [2.05, 4.69) is 27.5 Å². The zero-order valence-corrected chi connectivity index (χ0v) is 9.76. The fourth-order valence-corrected chi connectivity index (χ4v) is 2.00. The molecule has 1 aromatic rings. The fraction of sp³-hybridized carbons (Fsp3) is 0.545. The van der Waals surface area contributed by atoms with Crippen molar-refractivity contribution in [3.05, 3.63) is 17.8 Å². The number of anilines is 1. The van der Waals surface area contributed by atoms with Gasteiger partial charge in [0.05, 0.1) is 0 Å². The van der Waals surface area contributed by atoms with Crippen molar-refractivity contribution in [1.29, 1.82) is 0 Å². The highest BCUT2D eigenvalue weighted by Gasteiger charge is 2.20. The number of nitrogens with one attached hydrogen (secondary N) is 1. The number of hydrogen-bond donors (Lipinski definition) is 2. The van der Waals surface area contributed by atoms with Gasteiger partial charge in [0.1, 0.15) is 5.82 Å². The Labute approximate surface area is 99.7 Å². The first-order valence-corrected chi connectivity index (χ1v) is 5.68. The summed E-state index contributed by atoms with van der Waals surface area (Å²) in [6.45, 7) is 1.95. The van der Waals surface area contributed by atoms with Gasteiger partial charge in [-0.15, -0.1) is 10.2 Å². The Balaban J connectivity index is 1.88. The Hall–Kier alpha value is -1.69. The van der Waals surface area contributed by atoms with Gasteiger partial charge in [-0.2, -0.15) is 0 Å². The highest BCUT2D eigenvalue weighted by Crippen LogP contribution is 2.15. The van der Waals surface area contributed by atoms with Gasteiger partial charge in [-0.25, -0.2) is 4.79 Å². The molecular formula is C11H16N4O2. The highest BCUT2D eigenvalue weighted by molar-refractivity contribution is 5.85. The third-order valence-electron chi connectivity index (χ3n) is 3.07. The molecule has 1 aliphatic rings. The Bertz CT molecular complexity index is 393. The Morgan fingerprint density at radius 3 is 2.94 bits per heavy atom. The predicted octanol–water partition coefficient (Wildman–Crippen LogP) is 0.681. The van der Waals surface area contributed by atoms with Crippen molar-refractivity contribution < 1.29 is 9.90 Å². The Morgan fingerprint density at radius 2 is 2.41 bits per heavy atom. The van der Waals surface area contributed by atoms with E-state index in [1.807, 2.05) is 0 Å². The number of carboxylic acid groups (broad SMARTS) is 1. The lowest BCUT2D eigenvalue weighted by Crippen LogP contribution is -2.31. The van der Waals surface area contributed by atoms with E-state index in [-0.39, 0.29) is 5.69 Å². The summed E-state index contributed by atoms with van der Waals surface area (Å²) >= 11 is 0. The first kappa shape index (κ1) is 11.8. The molecule has 1 fully saturated rings. The molecule has 2 rings (SSSR count). The molecule has 1 saturated heterocycles. The van der Waals surface area contributed by atoms with Crippen LogP contribution in [0.25, 0.3) is 0 Å². The zero-order valence-electron chi connectivity index (χ0n) is 9.76. The van der Waals surface area contributed by atoms with Crippen LogP contribution in [0.1, 0.15) is 23.3 Å². The maximum atomic E-state index is 10.6. The number of likely N-dealkylation sites (N-methyl/N-ethyl adjacent to an activating group) is 1. The van der Waals surface area contributed by atoms with Crippen molar-refractivity contribution in [3.63, 3.8) is 0 Å². The minimum absolute atomic E-state index is 0.0338. The summed E-state index contributed by atoms with van der Waals surface area (Å²) in [7, 11) is 2.11. The van der Waals surface area contributed by atoms with Crippen LogP contribution in [0.2, 0.25) is 0 Å². The maximum absolute atomic E-state index is 10.6. The van der Waals surface area contributed by atoms with Crippen LogP contribution in [0.3, 0.4) is 0 Å². The van der Waals surface area contributed by atoms with Gasteiger partial charge in [0, 0.05) is 12.6 Å². The third-order valence-corrected chi connectivity index (χ3v) is 3.07. The lowest BCUT2D eigenvalue weighted by Gasteiger charge is -2.19. The number of aromatic nitrogens is 2. The predicted molar refractivity (Wildman–Crippen MR) is 63.1 cm³/mol. The molecule has 0 amide bonds. The number of carboxylic acids is 1. The van der Waals surface area contributed by atoms with E-state index in [1.54, 1.807) is 6.07 Å². The molecule has 0 spiro atoms. The summed E-state index contributed by atoms with van der Waals surface area (Å²) in [5.41, 5.74) is -0.0338. The monoisotopic (exact) mass is 236 g/mol. The second kappa shape index (κ2) is 5.09. The first-order valence-electron chi connectivity index (χ1n) is 5.68. The molecule has 1 aromatic heterocycles. The smallest absolute Gasteiger partial charge is 0.356 e. The second-order valence-corrected chi connectivity index (χ2v) is 4.27. The quantitative estimate of drug-likeness (QED) is 0.800. The number of hydrogen-bond acceptors (Lipinski definition) is 5. The molecule has 0 aromatic carbocycles. The molecule has 2 N–H and O–H groups in total. The summed E-state index contributed by atoms with van der Waals surface area (Å²) in [5, 5.41) is 19.3. The number of likely N-dealkylation sites (tertiary alicyclic amines) is 1. The van der Waals surface area contributed by atoms with Gasteiger partial charge in [-0.05, 0) is 38.6 Å². The number of carbonyl (C=O) groups is 1. The Kier molecular flexibility index (Phi) is 3.53. The van der Waals surface area contributed by atoms with Gasteiger partial charge >= 0.3 is 5.97 Å². The zero-order chi connectivity index (χ0) is 12.3. The number of rotatable bonds is 4. The van der Waals surface area contributed by atoms with Crippen molar-refractivity contribution in [2.75, 3.05) is 25.5 Å². The normalized spacial score (nSPS) is 20.4. The highest BCUT2D eigenvalue weighted by atomic mass is 16.4. The average molecular weight is 236 g/mol. The van der Waals surface area contributed by atoms with Crippen LogP contribution < -0.4 is 5.32 Å². The maximum Gasteiger partial charge on any atom is 0.356 e. The van der Waals surface area contributed by atoms with Crippen LogP contribution in [0.15, 0.2) is 12.1 Å². The van der Waals surface area contributed by atoms with Crippen molar-refractivity contribution >= 4 is 11.8 Å². The van der Waals surface area contributed by atoms with Gasteiger partial charge in [0.2, 0.25) is 0 Å². The average Bonchev–Trinajstić information content (AvgIpc) is 2.73. The molecule has 0 aliphatic carbocycles. The van der Waals surface area contributed by atoms with Gasteiger partial charge in [-0.3, -0.25) is 0 Å². The largest absolute Gasteiger partial charge is 0.476 e. The fourth-order valence-electron chi connectivity index (χ4n) is 2.00. The molecule has 17 heavy (non-hydrogen) atoms. The summed E-state index contributed by atoms with van der Waals surface area (Å²) in [6, 6.07) is 3.62. The van der Waals surface area contributed by atoms with E-state index in [0.717, 1.165) is 13.1 Å². The van der Waals surface area contributed by atoms with Crippen LogP contribution in [0.5, 0.6) is 0 Å². The Morgan fingerprint density at radius 1 is 1.59 bits per heavy atom. The van der Waals surface area contributed by atoms with Crippen molar-refractivity contribution in [2.45, 2.75) is 18.9 Å². The molecule has 6 heteroatoms. The van der Waals surface area contributed by atoms with Crippen LogP contribution in [0.4, 0.5) is 5.82 Å². The first-order chi connectivity index (χ1) is 8.16. The van der Waals surface area contributed by atoms with E-state index < -0.39 is 5.97 Å². The van der Waals surface area contributed by atoms with Crippen LogP contribution in [-0.2, 0) is 0 Å². The van der Waals surface area contributed by atoms with Gasteiger partial charge < -0.3 is 15.3 Å². The minimum Gasteiger partial charge on any atom is -0.476 e. The molecule has 1 unspecified atom stereocenters. The van der Waals surface area contributed by atoms with E-state index in [0.29, 0.717) is 11.9 Å². The summed E-state index contributed by atoms with van der Waals surface area (Å²) < 4.78 is 0. The topological polar surface area (TPSA) is 78.4 Å². The summed E-state index contributed by atoms with van der Waals surface area (Å²) in [5.74, 6) is -0.435. The van der Waals surface area contributed by atoms with Crippen molar-refractivity contribution in [3.8, 4) is 0 Å².